The van der Waals surface area contributed by atoms with Crippen LogP contribution in [0.2, 0.25) is 0 Å². The van der Waals surface area contributed by atoms with E-state index in [1.165, 1.54) is 0 Å². The average Bonchev–Trinajstić information content (AvgIpc) is 2.78. The topological polar surface area (TPSA) is 121 Å². The number of hydrogen-bond acceptors (Lipinski definition) is 7. The Balaban J connectivity index is 1.32. The lowest BCUT2D eigenvalue weighted by Crippen LogP contribution is -2.59. The fraction of sp³-hybridized carbons (Fsp3) is 0.609. The monoisotopic (exact) mass is 513 g/mol. The number of halogens is 1. The molecule has 0 radical (unpaired) electrons. The molecular formula is C23H32BrNO7. The summed E-state index contributed by atoms with van der Waals surface area (Å²) in [6, 6.07) is 7.33. The van der Waals surface area contributed by atoms with E-state index < -0.39 is 37.3 Å². The molecule has 0 amide bonds. The van der Waals surface area contributed by atoms with E-state index in [0.717, 1.165) is 60.4 Å². The number of aliphatic hydroxyl groups is 4. The summed E-state index contributed by atoms with van der Waals surface area (Å²) in [6.45, 7) is 0.739. The summed E-state index contributed by atoms with van der Waals surface area (Å²) in [4.78, 5) is 12.0. The van der Waals surface area contributed by atoms with E-state index in [1.54, 1.807) is 6.07 Å². The Labute approximate surface area is 195 Å². The molecule has 1 aliphatic rings. The quantitative estimate of drug-likeness (QED) is 0.338. The number of pyridine rings is 1. The van der Waals surface area contributed by atoms with Crippen molar-refractivity contribution < 1.29 is 29.9 Å². The molecule has 1 aliphatic heterocycles. The molecule has 0 aliphatic carbocycles. The molecule has 3 rings (SSSR count). The van der Waals surface area contributed by atoms with Gasteiger partial charge in [0.2, 0.25) is 0 Å². The average molecular weight is 514 g/mol. The standard InChI is InChI=1S/C23H32BrNO7/c24-15-7-8-16-17(13-15)25(11-9-18(16)27)10-5-3-1-2-4-6-12-31-22-20(28)19(14-26)32-23(30)21(22)29/h7-9,11,13,19-23,26,28-30H,1-6,10,12,14H2/t19-,20-,21-,22+,23?/m1/s1. The Kier molecular flexibility index (Phi) is 9.66. The summed E-state index contributed by atoms with van der Waals surface area (Å²) in [5, 5.41) is 39.6. The molecule has 0 saturated carbocycles. The van der Waals surface area contributed by atoms with Crippen LogP contribution in [-0.4, -0.2) is 68.9 Å². The van der Waals surface area contributed by atoms with Crippen molar-refractivity contribution in [2.24, 2.45) is 0 Å². The smallest absolute Gasteiger partial charge is 0.189 e. The van der Waals surface area contributed by atoms with Gasteiger partial charge in [0.05, 0.1) is 12.1 Å². The summed E-state index contributed by atoms with van der Waals surface area (Å²) in [6.07, 6.45) is 1.81. The van der Waals surface area contributed by atoms with Gasteiger partial charge < -0.3 is 34.5 Å². The van der Waals surface area contributed by atoms with Gasteiger partial charge in [-0.05, 0) is 31.0 Å². The summed E-state index contributed by atoms with van der Waals surface area (Å²) in [7, 11) is 0. The van der Waals surface area contributed by atoms with Crippen molar-refractivity contribution in [1.82, 2.24) is 4.57 Å². The first-order valence-electron chi connectivity index (χ1n) is 11.1. The predicted molar refractivity (Wildman–Crippen MR) is 123 cm³/mol. The molecule has 1 saturated heterocycles. The zero-order valence-corrected chi connectivity index (χ0v) is 19.6. The molecule has 1 aromatic heterocycles. The van der Waals surface area contributed by atoms with Gasteiger partial charge in [0.1, 0.15) is 24.4 Å². The zero-order chi connectivity index (χ0) is 23.1. The van der Waals surface area contributed by atoms with Crippen LogP contribution in [0.4, 0.5) is 0 Å². The molecular weight excluding hydrogens is 482 g/mol. The lowest BCUT2D eigenvalue weighted by atomic mass is 9.99. The van der Waals surface area contributed by atoms with Gasteiger partial charge in [-0.3, -0.25) is 4.79 Å². The molecule has 8 nitrogen and oxygen atoms in total. The first-order valence-corrected chi connectivity index (χ1v) is 11.9. The van der Waals surface area contributed by atoms with Crippen molar-refractivity contribution in [2.45, 2.75) is 75.8 Å². The summed E-state index contributed by atoms with van der Waals surface area (Å²) in [5.41, 5.74) is 0.975. The van der Waals surface area contributed by atoms with E-state index in [9.17, 15) is 25.2 Å². The van der Waals surface area contributed by atoms with Crippen LogP contribution in [0.15, 0.2) is 39.7 Å². The highest BCUT2D eigenvalue weighted by Gasteiger charge is 2.44. The van der Waals surface area contributed by atoms with Crippen LogP contribution in [0.5, 0.6) is 0 Å². The van der Waals surface area contributed by atoms with Crippen LogP contribution < -0.4 is 5.43 Å². The number of fused-ring (bicyclic) bond motifs is 1. The van der Waals surface area contributed by atoms with Crippen molar-refractivity contribution in [3.05, 3.63) is 45.2 Å². The van der Waals surface area contributed by atoms with Gasteiger partial charge >= 0.3 is 0 Å². The van der Waals surface area contributed by atoms with Crippen molar-refractivity contribution in [2.75, 3.05) is 13.2 Å². The Bertz CT molecular complexity index is 921. The van der Waals surface area contributed by atoms with Crippen LogP contribution in [0.25, 0.3) is 10.9 Å². The van der Waals surface area contributed by atoms with Gasteiger partial charge in [-0.1, -0.05) is 41.6 Å². The SMILES string of the molecule is O=c1ccn(CCCCCCCCO[C@H]2[C@H](O)[C@@H](CO)OC(O)[C@@H]2O)c2cc(Br)ccc12. The number of ether oxygens (including phenoxy) is 2. The molecule has 4 N–H and O–H groups in total. The van der Waals surface area contributed by atoms with Gasteiger partial charge in [-0.15, -0.1) is 0 Å². The molecule has 0 spiro atoms. The second-order valence-corrected chi connectivity index (χ2v) is 9.14. The zero-order valence-electron chi connectivity index (χ0n) is 18.0. The first kappa shape index (κ1) is 25.3. The second kappa shape index (κ2) is 12.2. The van der Waals surface area contributed by atoms with E-state index in [1.807, 2.05) is 24.4 Å². The number of aromatic nitrogens is 1. The third-order valence-electron chi connectivity index (χ3n) is 5.88. The van der Waals surface area contributed by atoms with Crippen LogP contribution in [0, 0.1) is 0 Å². The molecule has 178 valence electrons. The molecule has 32 heavy (non-hydrogen) atoms. The van der Waals surface area contributed by atoms with Gasteiger partial charge in [0.15, 0.2) is 11.7 Å². The molecule has 9 heteroatoms. The van der Waals surface area contributed by atoms with E-state index in [2.05, 4.69) is 20.5 Å². The highest BCUT2D eigenvalue weighted by molar-refractivity contribution is 9.10. The maximum Gasteiger partial charge on any atom is 0.189 e. The first-order chi connectivity index (χ1) is 15.4. The van der Waals surface area contributed by atoms with Crippen molar-refractivity contribution in [1.29, 1.82) is 0 Å². The van der Waals surface area contributed by atoms with Gasteiger partial charge in [0, 0.05) is 35.3 Å². The minimum absolute atomic E-state index is 0.0353. The van der Waals surface area contributed by atoms with E-state index >= 15 is 0 Å². The van der Waals surface area contributed by atoms with E-state index in [4.69, 9.17) is 9.47 Å². The maximum atomic E-state index is 12.0. The molecule has 2 aromatic rings. The summed E-state index contributed by atoms with van der Waals surface area (Å²) < 4.78 is 13.6. The number of aliphatic hydroxyl groups excluding tert-OH is 4. The van der Waals surface area contributed by atoms with Crippen LogP contribution >= 0.6 is 15.9 Å². The lowest BCUT2D eigenvalue weighted by molar-refractivity contribution is -0.294. The highest BCUT2D eigenvalue weighted by atomic mass is 79.9. The molecule has 1 fully saturated rings. The van der Waals surface area contributed by atoms with E-state index in [0.29, 0.717) is 6.61 Å². The van der Waals surface area contributed by atoms with Crippen LogP contribution in [-0.2, 0) is 16.0 Å². The van der Waals surface area contributed by atoms with Gasteiger partial charge in [0.25, 0.3) is 0 Å². The fourth-order valence-electron chi connectivity index (χ4n) is 4.05. The Morgan fingerprint density at radius 3 is 2.47 bits per heavy atom. The summed E-state index contributed by atoms with van der Waals surface area (Å²) >= 11 is 3.47. The van der Waals surface area contributed by atoms with Crippen LogP contribution in [0.3, 0.4) is 0 Å². The number of unbranched alkanes of at least 4 members (excludes halogenated alkanes) is 5. The Morgan fingerprint density at radius 2 is 1.72 bits per heavy atom. The number of nitrogens with zero attached hydrogens (tertiary/aromatic N) is 1. The molecule has 2 heterocycles. The lowest BCUT2D eigenvalue weighted by Gasteiger charge is -2.39. The predicted octanol–water partition coefficient (Wildman–Crippen LogP) is 1.92. The number of rotatable bonds is 11. The van der Waals surface area contributed by atoms with E-state index in [-0.39, 0.29) is 5.43 Å². The maximum absolute atomic E-state index is 12.0. The number of aryl methyl sites for hydroxylation is 1. The minimum Gasteiger partial charge on any atom is -0.394 e. The number of hydrogen-bond donors (Lipinski definition) is 4. The van der Waals surface area contributed by atoms with Crippen molar-refractivity contribution in [3.63, 3.8) is 0 Å². The highest BCUT2D eigenvalue weighted by Crippen LogP contribution is 2.23. The minimum atomic E-state index is -1.48. The summed E-state index contributed by atoms with van der Waals surface area (Å²) in [5.74, 6) is 0. The van der Waals surface area contributed by atoms with Gasteiger partial charge in [-0.2, -0.15) is 0 Å². The van der Waals surface area contributed by atoms with Gasteiger partial charge in [-0.25, -0.2) is 0 Å². The largest absolute Gasteiger partial charge is 0.394 e. The Morgan fingerprint density at radius 1 is 1.00 bits per heavy atom. The molecule has 5 atom stereocenters. The second-order valence-electron chi connectivity index (χ2n) is 8.22. The van der Waals surface area contributed by atoms with Crippen molar-refractivity contribution >= 4 is 26.8 Å². The Hall–Kier alpha value is -1.33. The molecule has 1 aromatic carbocycles. The van der Waals surface area contributed by atoms with Crippen molar-refractivity contribution in [3.8, 4) is 0 Å². The fourth-order valence-corrected chi connectivity index (χ4v) is 4.40. The number of benzene rings is 1. The van der Waals surface area contributed by atoms with Crippen LogP contribution in [0.1, 0.15) is 38.5 Å². The molecule has 0 bridgehead atoms. The molecule has 1 unspecified atom stereocenters. The normalized spacial score (nSPS) is 26.0. The third kappa shape index (κ3) is 6.38. The third-order valence-corrected chi connectivity index (χ3v) is 6.38.